The summed E-state index contributed by atoms with van der Waals surface area (Å²) in [5, 5.41) is 10.1. The molecule has 0 spiro atoms. The van der Waals surface area contributed by atoms with E-state index in [1.165, 1.54) is 0 Å². The van der Waals surface area contributed by atoms with Crippen molar-refractivity contribution in [2.75, 3.05) is 33.5 Å². The van der Waals surface area contributed by atoms with Crippen LogP contribution in [-0.4, -0.2) is 44.2 Å². The van der Waals surface area contributed by atoms with Crippen LogP contribution in [0.5, 0.6) is 11.5 Å². The largest absolute Gasteiger partial charge is 0.490 e. The molecule has 0 radical (unpaired) electrons. The number of Topliss-reactive ketones (excluding diaryl/α,β-unsaturated/α-hetero) is 1. The van der Waals surface area contributed by atoms with Crippen molar-refractivity contribution in [1.82, 2.24) is 4.90 Å². The van der Waals surface area contributed by atoms with Crippen LogP contribution in [-0.2, 0) is 9.53 Å². The van der Waals surface area contributed by atoms with Crippen molar-refractivity contribution >= 4 is 21.7 Å². The van der Waals surface area contributed by atoms with Crippen molar-refractivity contribution in [3.63, 3.8) is 0 Å². The average molecular weight is 518 g/mol. The summed E-state index contributed by atoms with van der Waals surface area (Å²) in [5.41, 5.74) is 9.00. The fraction of sp³-hybridized carbons (Fsp3) is 0.520. The van der Waals surface area contributed by atoms with Crippen LogP contribution in [0.15, 0.2) is 39.3 Å². The molecule has 7 nitrogen and oxygen atoms in total. The van der Waals surface area contributed by atoms with Crippen molar-refractivity contribution in [3.05, 3.63) is 44.8 Å². The van der Waals surface area contributed by atoms with Gasteiger partial charge < -0.3 is 24.8 Å². The van der Waals surface area contributed by atoms with Crippen molar-refractivity contribution in [1.29, 1.82) is 5.26 Å². The van der Waals surface area contributed by atoms with Crippen molar-refractivity contribution in [2.45, 2.75) is 46.5 Å². The van der Waals surface area contributed by atoms with Gasteiger partial charge in [0.05, 0.1) is 41.9 Å². The van der Waals surface area contributed by atoms with E-state index < -0.39 is 5.92 Å². The fourth-order valence-corrected chi connectivity index (χ4v) is 5.22. The van der Waals surface area contributed by atoms with Gasteiger partial charge in [-0.1, -0.05) is 13.8 Å². The predicted octanol–water partition coefficient (Wildman–Crippen LogP) is 4.63. The Morgan fingerprint density at radius 3 is 2.55 bits per heavy atom. The minimum atomic E-state index is -0.571. The molecule has 2 N–H and O–H groups in total. The second kappa shape index (κ2) is 10.2. The Morgan fingerprint density at radius 1 is 1.24 bits per heavy atom. The summed E-state index contributed by atoms with van der Waals surface area (Å²) in [6, 6.07) is 6.04. The maximum Gasteiger partial charge on any atom is 0.175 e. The average Bonchev–Trinajstić information content (AvgIpc) is 2.74. The molecular weight excluding hydrogens is 486 g/mol. The Balaban J connectivity index is 2.25. The summed E-state index contributed by atoms with van der Waals surface area (Å²) < 4.78 is 17.6. The number of benzene rings is 1. The zero-order valence-corrected chi connectivity index (χ0v) is 21.5. The van der Waals surface area contributed by atoms with Crippen LogP contribution < -0.4 is 15.2 Å². The van der Waals surface area contributed by atoms with Gasteiger partial charge in [-0.15, -0.1) is 0 Å². The number of halogens is 1. The maximum absolute atomic E-state index is 13.5. The zero-order chi connectivity index (χ0) is 24.3. The highest BCUT2D eigenvalue weighted by molar-refractivity contribution is 9.10. The van der Waals surface area contributed by atoms with E-state index in [0.29, 0.717) is 72.1 Å². The molecule has 2 aliphatic rings. The topological polar surface area (TPSA) is 97.8 Å². The van der Waals surface area contributed by atoms with E-state index >= 15 is 0 Å². The SMILES string of the molecule is CCOc1cc([C@@H]2C(C#N)=C(N)N(CCOC)C3=C2C(=O)CC(C)(C)C3)cc(Br)c1OCC. The lowest BCUT2D eigenvalue weighted by Gasteiger charge is -2.43. The number of nitrogens with zero attached hydrogens (tertiary/aromatic N) is 2. The first kappa shape index (κ1) is 25.1. The van der Waals surface area contributed by atoms with Crippen LogP contribution in [0.2, 0.25) is 0 Å². The first-order valence-electron chi connectivity index (χ1n) is 11.2. The summed E-state index contributed by atoms with van der Waals surface area (Å²) in [6.45, 7) is 9.80. The molecule has 1 atom stereocenters. The molecule has 1 aromatic carbocycles. The lowest BCUT2D eigenvalue weighted by atomic mass is 9.68. The molecular formula is C25H32BrN3O4. The molecule has 0 saturated carbocycles. The van der Waals surface area contributed by atoms with Gasteiger partial charge in [0.25, 0.3) is 0 Å². The van der Waals surface area contributed by atoms with Crippen LogP contribution in [0.4, 0.5) is 0 Å². The Bertz CT molecular complexity index is 1040. The first-order valence-corrected chi connectivity index (χ1v) is 12.0. The molecule has 3 rings (SSSR count). The molecule has 1 aromatic rings. The molecule has 0 unspecified atom stereocenters. The second-order valence-corrected chi connectivity index (χ2v) is 9.84. The van der Waals surface area contributed by atoms with E-state index in [4.69, 9.17) is 19.9 Å². The molecule has 0 amide bonds. The van der Waals surface area contributed by atoms with E-state index in [1.54, 1.807) is 7.11 Å². The monoisotopic (exact) mass is 517 g/mol. The van der Waals surface area contributed by atoms with Gasteiger partial charge in [-0.3, -0.25) is 4.79 Å². The van der Waals surface area contributed by atoms with Crippen molar-refractivity contribution < 1.29 is 19.0 Å². The summed E-state index contributed by atoms with van der Waals surface area (Å²) in [7, 11) is 1.62. The third-order valence-electron chi connectivity index (χ3n) is 5.96. The molecule has 33 heavy (non-hydrogen) atoms. The van der Waals surface area contributed by atoms with Gasteiger partial charge in [-0.05, 0) is 59.3 Å². The molecule has 1 aliphatic carbocycles. The second-order valence-electron chi connectivity index (χ2n) is 8.99. The summed E-state index contributed by atoms with van der Waals surface area (Å²) in [4.78, 5) is 15.4. The summed E-state index contributed by atoms with van der Waals surface area (Å²) >= 11 is 3.60. The number of hydrogen-bond donors (Lipinski definition) is 1. The number of allylic oxidation sites excluding steroid dienone is 3. The molecule has 0 saturated heterocycles. The Hall–Kier alpha value is -2.50. The van der Waals surface area contributed by atoms with Gasteiger partial charge in [-0.2, -0.15) is 5.26 Å². The highest BCUT2D eigenvalue weighted by atomic mass is 79.9. The third kappa shape index (κ3) is 4.90. The minimum absolute atomic E-state index is 0.0388. The van der Waals surface area contributed by atoms with E-state index in [1.807, 2.05) is 30.9 Å². The molecule has 8 heteroatoms. The van der Waals surface area contributed by atoms with Crippen molar-refractivity contribution in [3.8, 4) is 17.6 Å². The van der Waals surface area contributed by atoms with Gasteiger partial charge in [0, 0.05) is 31.3 Å². The smallest absolute Gasteiger partial charge is 0.175 e. The molecule has 0 fully saturated rings. The normalized spacial score (nSPS) is 20.0. The van der Waals surface area contributed by atoms with Crippen molar-refractivity contribution in [2.24, 2.45) is 11.1 Å². The zero-order valence-electron chi connectivity index (χ0n) is 20.0. The number of hydrogen-bond acceptors (Lipinski definition) is 7. The van der Waals surface area contributed by atoms with Crippen LogP contribution in [0.3, 0.4) is 0 Å². The van der Waals surface area contributed by atoms with Crippen LogP contribution >= 0.6 is 15.9 Å². The maximum atomic E-state index is 13.5. The van der Waals surface area contributed by atoms with Gasteiger partial charge >= 0.3 is 0 Å². The van der Waals surface area contributed by atoms with E-state index in [0.717, 1.165) is 11.3 Å². The van der Waals surface area contributed by atoms with E-state index in [2.05, 4.69) is 35.8 Å². The number of nitriles is 1. The Morgan fingerprint density at radius 2 is 1.94 bits per heavy atom. The molecule has 178 valence electrons. The number of rotatable bonds is 8. The highest BCUT2D eigenvalue weighted by Crippen LogP contribution is 2.50. The van der Waals surface area contributed by atoms with Gasteiger partial charge in [-0.25, -0.2) is 0 Å². The number of methoxy groups -OCH3 is 1. The number of ether oxygens (including phenoxy) is 3. The Kier molecular flexibility index (Phi) is 7.76. The van der Waals surface area contributed by atoms with E-state index in [9.17, 15) is 10.1 Å². The van der Waals surface area contributed by atoms with E-state index in [-0.39, 0.29) is 11.2 Å². The van der Waals surface area contributed by atoms with Gasteiger partial charge in [0.2, 0.25) is 0 Å². The number of carbonyl (C=O) groups is 1. The molecule has 0 bridgehead atoms. The molecule has 1 aliphatic heterocycles. The molecule has 1 heterocycles. The first-order chi connectivity index (χ1) is 15.7. The van der Waals surface area contributed by atoms with Crippen LogP contribution in [0, 0.1) is 16.7 Å². The highest BCUT2D eigenvalue weighted by Gasteiger charge is 2.44. The molecule has 0 aromatic heterocycles. The number of nitrogens with two attached hydrogens (primary N) is 1. The predicted molar refractivity (Wildman–Crippen MR) is 130 cm³/mol. The number of ketones is 1. The summed E-state index contributed by atoms with van der Waals surface area (Å²) in [5.74, 6) is 0.996. The summed E-state index contributed by atoms with van der Waals surface area (Å²) in [6.07, 6.45) is 1.10. The van der Waals surface area contributed by atoms with Gasteiger partial charge in [0.1, 0.15) is 5.82 Å². The number of carbonyl (C=O) groups excluding carboxylic acids is 1. The quantitative estimate of drug-likeness (QED) is 0.536. The fourth-order valence-electron chi connectivity index (χ4n) is 4.65. The Labute approximate surface area is 204 Å². The van der Waals surface area contributed by atoms with Gasteiger partial charge in [0.15, 0.2) is 17.3 Å². The standard InChI is InChI=1S/C25H32BrN3O4/c1-6-32-20-11-15(10-17(26)23(20)33-7-2)21-16(14-27)24(28)29(8-9-31-5)18-12-25(3,4)13-19(30)22(18)21/h10-11,21H,6-9,12-13,28H2,1-5H3/t21-/m1/s1. The lowest BCUT2D eigenvalue weighted by molar-refractivity contribution is -0.118. The van der Waals surface area contributed by atoms with Crippen LogP contribution in [0.25, 0.3) is 0 Å². The lowest BCUT2D eigenvalue weighted by Crippen LogP contribution is -2.43. The van der Waals surface area contributed by atoms with Crippen LogP contribution in [0.1, 0.15) is 52.0 Å². The minimum Gasteiger partial charge on any atom is -0.490 e. The third-order valence-corrected chi connectivity index (χ3v) is 6.55.